The van der Waals surface area contributed by atoms with E-state index in [2.05, 4.69) is 0 Å². The molecule has 37 heavy (non-hydrogen) atoms. The normalized spacial score (nSPS) is 12.9. The minimum Gasteiger partial charge on any atom is -0.351 e. The second kappa shape index (κ2) is 22.8. The van der Waals surface area contributed by atoms with Gasteiger partial charge in [0.2, 0.25) is 0 Å². The van der Waals surface area contributed by atoms with Crippen molar-refractivity contribution in [3.8, 4) is 0 Å². The van der Waals surface area contributed by atoms with E-state index in [1.54, 1.807) is 0 Å². The maximum Gasteiger partial charge on any atom is 0.696 e. The molecule has 10 nitrogen and oxygen atoms in total. The standard InChI is InChI=1S/C24H54O10SSi2/c1-7-13-19-27-36(28-20-14-8-2,29-21-15-9-3)33-35(25,26)34-37(30-22-16-10-4,31-23-17-11-5)32-24-18-12-6/h7-24H2,1-6H3. The molecular formula is C24H54O10SSi2. The van der Waals surface area contributed by atoms with Gasteiger partial charge in [-0.2, -0.15) is 8.42 Å². The van der Waals surface area contributed by atoms with Crippen molar-refractivity contribution in [1.29, 1.82) is 0 Å². The van der Waals surface area contributed by atoms with Gasteiger partial charge in [0.05, 0.1) is 0 Å². The molecule has 0 spiro atoms. The van der Waals surface area contributed by atoms with Crippen LogP contribution in [0.25, 0.3) is 0 Å². The Bertz CT molecular complexity index is 526. The van der Waals surface area contributed by atoms with E-state index in [1.165, 1.54) is 0 Å². The molecule has 0 aromatic heterocycles. The fraction of sp³-hybridized carbons (Fsp3) is 1.00. The molecule has 0 unspecified atom stereocenters. The Labute approximate surface area is 229 Å². The highest BCUT2D eigenvalue weighted by atomic mass is 32.3. The van der Waals surface area contributed by atoms with E-state index >= 15 is 0 Å². The maximum atomic E-state index is 13.4. The molecule has 0 amide bonds. The lowest BCUT2D eigenvalue weighted by Crippen LogP contribution is -2.56. The monoisotopic (exact) mass is 590 g/mol. The van der Waals surface area contributed by atoms with Gasteiger partial charge in [0.1, 0.15) is 0 Å². The van der Waals surface area contributed by atoms with E-state index in [4.69, 9.17) is 34.3 Å². The van der Waals surface area contributed by atoms with Crippen LogP contribution < -0.4 is 0 Å². The maximum absolute atomic E-state index is 13.4. The van der Waals surface area contributed by atoms with Gasteiger partial charge in [-0.15, -0.1) is 0 Å². The van der Waals surface area contributed by atoms with Crippen LogP contribution in [0.1, 0.15) is 119 Å². The molecule has 0 fully saturated rings. The molecular weight excluding hydrogens is 536 g/mol. The third-order valence-electron chi connectivity index (χ3n) is 5.07. The van der Waals surface area contributed by atoms with E-state index in [9.17, 15) is 8.42 Å². The molecule has 0 aromatic carbocycles. The number of hydrogen-bond acceptors (Lipinski definition) is 10. The zero-order valence-corrected chi connectivity index (χ0v) is 27.0. The van der Waals surface area contributed by atoms with Crippen LogP contribution in [0.2, 0.25) is 0 Å². The highest BCUT2D eigenvalue weighted by molar-refractivity contribution is 7.83. The summed E-state index contributed by atoms with van der Waals surface area (Å²) in [5.74, 6) is 0. The smallest absolute Gasteiger partial charge is 0.351 e. The lowest BCUT2D eigenvalue weighted by atomic mass is 10.4. The molecule has 0 heterocycles. The Kier molecular flexibility index (Phi) is 22.9. The highest BCUT2D eigenvalue weighted by Crippen LogP contribution is 2.24. The Balaban J connectivity index is 6.03. The summed E-state index contributed by atoms with van der Waals surface area (Å²) in [6.45, 7) is 13.5. The van der Waals surface area contributed by atoms with Crippen molar-refractivity contribution < 1.29 is 42.7 Å². The van der Waals surface area contributed by atoms with Gasteiger partial charge in [-0.25, -0.2) is 7.74 Å². The molecule has 0 saturated heterocycles. The van der Waals surface area contributed by atoms with E-state index in [0.29, 0.717) is 38.5 Å². The van der Waals surface area contributed by atoms with Crippen molar-refractivity contribution >= 4 is 28.5 Å². The van der Waals surface area contributed by atoms with Gasteiger partial charge in [0, 0.05) is 39.6 Å². The zero-order chi connectivity index (χ0) is 27.9. The fourth-order valence-corrected chi connectivity index (χ4v) is 9.17. The summed E-state index contributed by atoms with van der Waals surface area (Å²) in [6, 6.07) is 0. The van der Waals surface area contributed by atoms with Crippen molar-refractivity contribution in [1.82, 2.24) is 0 Å². The average molecular weight is 591 g/mol. The summed E-state index contributed by atoms with van der Waals surface area (Å²) in [4.78, 5) is 0. The molecule has 0 saturated carbocycles. The number of hydrogen-bond donors (Lipinski definition) is 0. The van der Waals surface area contributed by atoms with E-state index in [0.717, 1.165) is 38.5 Å². The van der Waals surface area contributed by atoms with Crippen LogP contribution in [0.5, 0.6) is 0 Å². The van der Waals surface area contributed by atoms with Crippen LogP contribution in [0.15, 0.2) is 0 Å². The Hall–Kier alpha value is 0.0638. The molecule has 0 aliphatic heterocycles. The summed E-state index contributed by atoms with van der Waals surface area (Å²) in [5.41, 5.74) is 0. The average Bonchev–Trinajstić information content (AvgIpc) is 2.84. The van der Waals surface area contributed by atoms with Crippen LogP contribution in [0.3, 0.4) is 0 Å². The van der Waals surface area contributed by atoms with E-state index < -0.39 is 28.5 Å². The lowest BCUT2D eigenvalue weighted by Gasteiger charge is -2.30. The van der Waals surface area contributed by atoms with Gasteiger partial charge in [-0.3, -0.25) is 0 Å². The van der Waals surface area contributed by atoms with Crippen molar-refractivity contribution in [2.75, 3.05) is 39.6 Å². The SMILES string of the molecule is CCCCO[Si](OCCCC)(OCCCC)OS(=O)(=O)O[Si](OCCCC)(OCCCC)OCCCC. The van der Waals surface area contributed by atoms with Crippen LogP contribution >= 0.6 is 0 Å². The third-order valence-corrected chi connectivity index (χ3v) is 11.7. The first-order valence-corrected chi connectivity index (χ1v) is 18.9. The van der Waals surface area contributed by atoms with Crippen molar-refractivity contribution in [2.24, 2.45) is 0 Å². The predicted octanol–water partition coefficient (Wildman–Crippen LogP) is 6.04. The Morgan fingerprint density at radius 1 is 0.405 bits per heavy atom. The van der Waals surface area contributed by atoms with Crippen molar-refractivity contribution in [3.63, 3.8) is 0 Å². The third kappa shape index (κ3) is 18.1. The summed E-state index contributed by atoms with van der Waals surface area (Å²) in [6.07, 6.45) is 9.34. The van der Waals surface area contributed by atoms with Crippen LogP contribution in [-0.2, 0) is 44.7 Å². The first kappa shape index (κ1) is 37.1. The number of rotatable bonds is 28. The summed E-state index contributed by atoms with van der Waals surface area (Å²) in [5, 5.41) is 0. The topological polar surface area (TPSA) is 108 Å². The van der Waals surface area contributed by atoms with Crippen molar-refractivity contribution in [2.45, 2.75) is 119 Å². The summed E-state index contributed by atoms with van der Waals surface area (Å²) < 4.78 is 73.4. The molecule has 0 radical (unpaired) electrons. The molecule has 13 heteroatoms. The van der Waals surface area contributed by atoms with E-state index in [1.807, 2.05) is 41.5 Å². The van der Waals surface area contributed by atoms with E-state index in [-0.39, 0.29) is 39.6 Å². The quantitative estimate of drug-likeness (QED) is 0.0791. The van der Waals surface area contributed by atoms with Crippen LogP contribution in [0.4, 0.5) is 0 Å². The van der Waals surface area contributed by atoms with Crippen LogP contribution in [0, 0.1) is 0 Å². The summed E-state index contributed by atoms with van der Waals surface area (Å²) in [7, 11) is -13.0. The molecule has 0 rings (SSSR count). The minimum absolute atomic E-state index is 0.242. The first-order valence-electron chi connectivity index (χ1n) is 14.3. The second-order valence-corrected chi connectivity index (χ2v) is 14.7. The molecule has 0 aliphatic carbocycles. The highest BCUT2D eigenvalue weighted by Gasteiger charge is 2.56. The molecule has 0 N–H and O–H groups in total. The molecule has 0 atom stereocenters. The van der Waals surface area contributed by atoms with Gasteiger partial charge in [0.25, 0.3) is 0 Å². The summed E-state index contributed by atoms with van der Waals surface area (Å²) >= 11 is 0. The predicted molar refractivity (Wildman–Crippen MR) is 148 cm³/mol. The van der Waals surface area contributed by atoms with Gasteiger partial charge < -0.3 is 26.6 Å². The Morgan fingerprint density at radius 3 is 0.757 bits per heavy atom. The molecule has 0 bridgehead atoms. The van der Waals surface area contributed by atoms with Gasteiger partial charge >= 0.3 is 28.5 Å². The molecule has 224 valence electrons. The zero-order valence-electron chi connectivity index (χ0n) is 24.2. The largest absolute Gasteiger partial charge is 0.696 e. The lowest BCUT2D eigenvalue weighted by molar-refractivity contribution is -0.0172. The fourth-order valence-electron chi connectivity index (χ4n) is 2.71. The number of unbranched alkanes of at least 4 members (excludes halogenated alkanes) is 6. The van der Waals surface area contributed by atoms with Gasteiger partial charge in [-0.1, -0.05) is 80.1 Å². The van der Waals surface area contributed by atoms with Gasteiger partial charge in [-0.05, 0) is 38.5 Å². The van der Waals surface area contributed by atoms with Crippen LogP contribution in [-0.4, -0.2) is 66.2 Å². The molecule has 0 aliphatic rings. The first-order chi connectivity index (χ1) is 17.8. The second-order valence-electron chi connectivity index (χ2n) is 8.79. The Morgan fingerprint density at radius 2 is 0.595 bits per heavy atom. The molecule has 0 aromatic rings. The minimum atomic E-state index is -4.75. The van der Waals surface area contributed by atoms with Gasteiger partial charge in [0.15, 0.2) is 0 Å². The van der Waals surface area contributed by atoms with Crippen molar-refractivity contribution in [3.05, 3.63) is 0 Å².